The molecule has 1 heterocycles. The number of hydrogen-bond donors (Lipinski definition) is 0. The molecule has 0 aliphatic carbocycles. The molecule has 0 N–H and O–H groups in total. The van der Waals surface area contributed by atoms with Crippen molar-refractivity contribution < 1.29 is 32.2 Å². The van der Waals surface area contributed by atoms with Crippen LogP contribution in [0, 0.1) is 5.92 Å². The number of rotatable bonds is 4. The lowest BCUT2D eigenvalue weighted by molar-refractivity contribution is -0.251. The SMILES string of the molecule is CCOC(=O)C(C(F)(F)F)C1(OC)CCOCC1. The molecule has 1 fully saturated rings. The van der Waals surface area contributed by atoms with Gasteiger partial charge in [-0.1, -0.05) is 0 Å². The Morgan fingerprint density at radius 2 is 1.94 bits per heavy atom. The predicted octanol–water partition coefficient (Wildman–Crippen LogP) is 1.92. The summed E-state index contributed by atoms with van der Waals surface area (Å²) in [5.74, 6) is -3.55. The topological polar surface area (TPSA) is 44.8 Å². The molecule has 4 nitrogen and oxygen atoms in total. The van der Waals surface area contributed by atoms with Crippen molar-refractivity contribution in [2.75, 3.05) is 26.9 Å². The molecule has 1 atom stereocenters. The first-order chi connectivity index (χ1) is 8.37. The number of ether oxygens (including phenoxy) is 3. The highest BCUT2D eigenvalue weighted by Gasteiger charge is 2.59. The van der Waals surface area contributed by atoms with E-state index >= 15 is 0 Å². The summed E-state index contributed by atoms with van der Waals surface area (Å²) in [7, 11) is 1.18. The molecular weight excluding hydrogens is 253 g/mol. The molecule has 1 aliphatic heterocycles. The number of carbonyl (C=O) groups excluding carboxylic acids is 1. The molecule has 1 unspecified atom stereocenters. The molecule has 18 heavy (non-hydrogen) atoms. The predicted molar refractivity (Wildman–Crippen MR) is 56.0 cm³/mol. The largest absolute Gasteiger partial charge is 0.465 e. The number of hydrogen-bond acceptors (Lipinski definition) is 4. The van der Waals surface area contributed by atoms with Gasteiger partial charge in [-0.25, -0.2) is 0 Å². The van der Waals surface area contributed by atoms with Crippen LogP contribution >= 0.6 is 0 Å². The first-order valence-corrected chi connectivity index (χ1v) is 5.73. The fourth-order valence-corrected chi connectivity index (χ4v) is 2.20. The van der Waals surface area contributed by atoms with Crippen molar-refractivity contribution in [3.63, 3.8) is 0 Å². The molecule has 1 aliphatic rings. The minimum absolute atomic E-state index is 0.0203. The smallest absolute Gasteiger partial charge is 0.405 e. The van der Waals surface area contributed by atoms with E-state index in [1.807, 2.05) is 0 Å². The molecular formula is C11H17F3O4. The molecule has 0 spiro atoms. The zero-order chi connectivity index (χ0) is 13.8. The van der Waals surface area contributed by atoms with Gasteiger partial charge >= 0.3 is 12.1 Å². The third-order valence-corrected chi connectivity index (χ3v) is 3.12. The molecule has 1 rings (SSSR count). The molecule has 0 radical (unpaired) electrons. The highest BCUT2D eigenvalue weighted by Crippen LogP contribution is 2.42. The second-order valence-electron chi connectivity index (χ2n) is 4.11. The third-order valence-electron chi connectivity index (χ3n) is 3.12. The van der Waals surface area contributed by atoms with E-state index in [-0.39, 0.29) is 32.7 Å². The van der Waals surface area contributed by atoms with Crippen LogP contribution in [-0.2, 0) is 19.0 Å². The summed E-state index contributed by atoms with van der Waals surface area (Å²) in [5, 5.41) is 0. The van der Waals surface area contributed by atoms with Crippen LogP contribution in [-0.4, -0.2) is 44.7 Å². The molecule has 0 aromatic rings. The van der Waals surface area contributed by atoms with E-state index in [1.54, 1.807) is 0 Å². The van der Waals surface area contributed by atoms with Gasteiger partial charge < -0.3 is 14.2 Å². The number of methoxy groups -OCH3 is 1. The van der Waals surface area contributed by atoms with Crippen LogP contribution in [0.2, 0.25) is 0 Å². The molecule has 1 saturated heterocycles. The maximum Gasteiger partial charge on any atom is 0.405 e. The molecule has 0 amide bonds. The maximum atomic E-state index is 13.1. The van der Waals surface area contributed by atoms with Gasteiger partial charge in [0.1, 0.15) is 0 Å². The van der Waals surface area contributed by atoms with Gasteiger partial charge in [-0.15, -0.1) is 0 Å². The Morgan fingerprint density at radius 1 is 1.39 bits per heavy atom. The van der Waals surface area contributed by atoms with Gasteiger partial charge in [-0.2, -0.15) is 13.2 Å². The maximum absolute atomic E-state index is 13.1. The van der Waals surface area contributed by atoms with E-state index in [2.05, 4.69) is 4.74 Å². The van der Waals surface area contributed by atoms with Crippen LogP contribution in [0.1, 0.15) is 19.8 Å². The summed E-state index contributed by atoms with van der Waals surface area (Å²) in [5.41, 5.74) is -1.58. The van der Waals surface area contributed by atoms with Crippen LogP contribution in [0.15, 0.2) is 0 Å². The Bertz CT molecular complexity index is 285. The van der Waals surface area contributed by atoms with Gasteiger partial charge in [0, 0.05) is 33.2 Å². The lowest BCUT2D eigenvalue weighted by atomic mass is 9.80. The lowest BCUT2D eigenvalue weighted by Gasteiger charge is -2.41. The first-order valence-electron chi connectivity index (χ1n) is 5.73. The Kier molecular flexibility index (Phi) is 4.98. The third kappa shape index (κ3) is 3.14. The van der Waals surface area contributed by atoms with Gasteiger partial charge in [-0.05, 0) is 6.92 Å². The van der Waals surface area contributed by atoms with Gasteiger partial charge in [0.15, 0.2) is 5.92 Å². The summed E-state index contributed by atoms with van der Waals surface area (Å²) in [4.78, 5) is 11.6. The van der Waals surface area contributed by atoms with Crippen LogP contribution in [0.4, 0.5) is 13.2 Å². The van der Waals surface area contributed by atoms with Crippen molar-refractivity contribution in [3.8, 4) is 0 Å². The van der Waals surface area contributed by atoms with E-state index in [9.17, 15) is 18.0 Å². The Balaban J connectivity index is 3.03. The minimum atomic E-state index is -4.69. The minimum Gasteiger partial charge on any atom is -0.465 e. The number of esters is 1. The van der Waals surface area contributed by atoms with Gasteiger partial charge in [-0.3, -0.25) is 4.79 Å². The van der Waals surface area contributed by atoms with Crippen LogP contribution in [0.5, 0.6) is 0 Å². The monoisotopic (exact) mass is 270 g/mol. The molecule has 0 saturated carbocycles. The zero-order valence-corrected chi connectivity index (χ0v) is 10.4. The second-order valence-corrected chi connectivity index (χ2v) is 4.11. The normalized spacial score (nSPS) is 21.4. The van der Waals surface area contributed by atoms with Gasteiger partial charge in [0.05, 0.1) is 12.2 Å². The molecule has 0 aromatic heterocycles. The molecule has 0 aromatic carbocycles. The highest BCUT2D eigenvalue weighted by molar-refractivity contribution is 5.75. The average Bonchev–Trinajstić information content (AvgIpc) is 2.28. The fraction of sp³-hybridized carbons (Fsp3) is 0.909. The molecule has 0 bridgehead atoms. The average molecular weight is 270 g/mol. The number of alkyl halides is 3. The van der Waals surface area contributed by atoms with Gasteiger partial charge in [0.2, 0.25) is 0 Å². The summed E-state index contributed by atoms with van der Waals surface area (Å²) in [6.45, 7) is 1.65. The van der Waals surface area contributed by atoms with Crippen LogP contribution in [0.25, 0.3) is 0 Å². The second kappa shape index (κ2) is 5.88. The van der Waals surface area contributed by atoms with Crippen molar-refractivity contribution >= 4 is 5.97 Å². The Hall–Kier alpha value is -0.820. The quantitative estimate of drug-likeness (QED) is 0.732. The summed E-state index contributed by atoms with van der Waals surface area (Å²) in [6, 6.07) is 0. The van der Waals surface area contributed by atoms with E-state index in [0.29, 0.717) is 0 Å². The van der Waals surface area contributed by atoms with Gasteiger partial charge in [0.25, 0.3) is 0 Å². The summed E-state index contributed by atoms with van der Waals surface area (Å²) >= 11 is 0. The zero-order valence-electron chi connectivity index (χ0n) is 10.4. The van der Waals surface area contributed by atoms with E-state index in [0.717, 1.165) is 0 Å². The van der Waals surface area contributed by atoms with Crippen molar-refractivity contribution in [1.29, 1.82) is 0 Å². The van der Waals surface area contributed by atoms with Crippen molar-refractivity contribution in [2.45, 2.75) is 31.5 Å². The van der Waals surface area contributed by atoms with Crippen LogP contribution < -0.4 is 0 Å². The molecule has 106 valence electrons. The van der Waals surface area contributed by atoms with Crippen molar-refractivity contribution in [2.24, 2.45) is 5.92 Å². The summed E-state index contributed by atoms with van der Waals surface area (Å²) < 4.78 is 53.9. The molecule has 7 heteroatoms. The highest BCUT2D eigenvalue weighted by atomic mass is 19.4. The number of halogens is 3. The first kappa shape index (κ1) is 15.2. The summed E-state index contributed by atoms with van der Waals surface area (Å²) in [6.07, 6.45) is -4.65. The van der Waals surface area contributed by atoms with Crippen molar-refractivity contribution in [3.05, 3.63) is 0 Å². The van der Waals surface area contributed by atoms with Crippen molar-refractivity contribution in [1.82, 2.24) is 0 Å². The standard InChI is InChI=1S/C11H17F3O4/c1-3-18-9(15)8(11(12,13)14)10(16-2)4-6-17-7-5-10/h8H,3-7H2,1-2H3. The number of carbonyl (C=O) groups is 1. The van der Waals surface area contributed by atoms with E-state index in [1.165, 1.54) is 14.0 Å². The van der Waals surface area contributed by atoms with Crippen LogP contribution in [0.3, 0.4) is 0 Å². The van der Waals surface area contributed by atoms with E-state index in [4.69, 9.17) is 9.47 Å². The van der Waals surface area contributed by atoms with E-state index < -0.39 is 23.7 Å². The lowest BCUT2D eigenvalue weighted by Crippen LogP contribution is -2.54. The fourth-order valence-electron chi connectivity index (χ4n) is 2.20. The Morgan fingerprint density at radius 3 is 2.33 bits per heavy atom. The Labute approximate surface area is 103 Å².